The highest BCUT2D eigenvalue weighted by atomic mass is 19.1. The fourth-order valence-electron chi connectivity index (χ4n) is 4.01. The van der Waals surface area contributed by atoms with Crippen LogP contribution in [0.3, 0.4) is 0 Å². The van der Waals surface area contributed by atoms with Crippen LogP contribution in [-0.4, -0.2) is 55.1 Å². The molecular formula is C24H35FN6. The van der Waals surface area contributed by atoms with Gasteiger partial charge >= 0.3 is 0 Å². The average molecular weight is 427 g/mol. The topological polar surface area (TPSA) is 55.8 Å². The minimum Gasteiger partial charge on any atom is -0.370 e. The van der Waals surface area contributed by atoms with Gasteiger partial charge in [0.15, 0.2) is 5.96 Å². The quantitative estimate of drug-likeness (QED) is 0.501. The first-order valence-electron chi connectivity index (χ1n) is 11.3. The second-order valence-electron chi connectivity index (χ2n) is 7.90. The number of rotatable bonds is 8. The smallest absolute Gasteiger partial charge is 0.191 e. The van der Waals surface area contributed by atoms with E-state index in [-0.39, 0.29) is 5.82 Å². The Bertz CT molecular complexity index is 829. The van der Waals surface area contributed by atoms with Gasteiger partial charge in [-0.05, 0) is 56.5 Å². The number of likely N-dealkylation sites (tertiary alicyclic amines) is 1. The number of halogens is 1. The number of hydrogen-bond donors (Lipinski definition) is 2. The largest absolute Gasteiger partial charge is 0.370 e. The van der Waals surface area contributed by atoms with Gasteiger partial charge < -0.3 is 15.5 Å². The van der Waals surface area contributed by atoms with E-state index in [9.17, 15) is 4.39 Å². The molecule has 0 spiro atoms. The molecule has 1 aliphatic heterocycles. The number of pyridine rings is 1. The summed E-state index contributed by atoms with van der Waals surface area (Å²) in [5.41, 5.74) is 2.68. The van der Waals surface area contributed by atoms with Crippen molar-refractivity contribution in [2.75, 3.05) is 38.1 Å². The molecule has 6 nitrogen and oxygen atoms in total. The van der Waals surface area contributed by atoms with Crippen molar-refractivity contribution in [3.8, 4) is 0 Å². The van der Waals surface area contributed by atoms with E-state index in [1.165, 1.54) is 0 Å². The van der Waals surface area contributed by atoms with Gasteiger partial charge in [-0.1, -0.05) is 12.1 Å². The van der Waals surface area contributed by atoms with E-state index < -0.39 is 0 Å². The molecule has 0 amide bonds. The molecule has 1 aromatic carbocycles. The first kappa shape index (κ1) is 23.0. The van der Waals surface area contributed by atoms with Crippen LogP contribution in [0, 0.1) is 5.82 Å². The van der Waals surface area contributed by atoms with Crippen LogP contribution in [0.4, 0.5) is 10.1 Å². The molecule has 2 N–H and O–H groups in total. The lowest BCUT2D eigenvalue weighted by molar-refractivity contribution is 0.196. The van der Waals surface area contributed by atoms with E-state index in [4.69, 9.17) is 0 Å². The van der Waals surface area contributed by atoms with E-state index in [1.807, 2.05) is 49.2 Å². The van der Waals surface area contributed by atoms with E-state index >= 15 is 0 Å². The molecule has 0 bridgehead atoms. The summed E-state index contributed by atoms with van der Waals surface area (Å²) in [6, 6.07) is 11.9. The summed E-state index contributed by atoms with van der Waals surface area (Å²) in [5.74, 6) is 0.586. The number of anilines is 1. The van der Waals surface area contributed by atoms with Crippen molar-refractivity contribution in [2.24, 2.45) is 4.99 Å². The Hall–Kier alpha value is -2.67. The van der Waals surface area contributed by atoms with Crippen LogP contribution in [-0.2, 0) is 13.1 Å². The highest BCUT2D eigenvalue weighted by Gasteiger charge is 2.20. The fraction of sp³-hybridized carbons (Fsp3) is 0.500. The second-order valence-corrected chi connectivity index (χ2v) is 7.90. The monoisotopic (exact) mass is 426 g/mol. The summed E-state index contributed by atoms with van der Waals surface area (Å²) < 4.78 is 14.5. The van der Waals surface area contributed by atoms with Crippen LogP contribution >= 0.6 is 0 Å². The van der Waals surface area contributed by atoms with Gasteiger partial charge in [0.05, 0.1) is 11.4 Å². The van der Waals surface area contributed by atoms with Crippen molar-refractivity contribution < 1.29 is 4.39 Å². The number of aromatic nitrogens is 1. The number of benzene rings is 1. The molecule has 0 unspecified atom stereocenters. The molecule has 1 aromatic heterocycles. The second kappa shape index (κ2) is 11.6. The zero-order valence-corrected chi connectivity index (χ0v) is 18.9. The Morgan fingerprint density at radius 3 is 2.58 bits per heavy atom. The number of piperidine rings is 1. The minimum atomic E-state index is -0.175. The maximum Gasteiger partial charge on any atom is 0.191 e. The molecule has 1 aliphatic rings. The molecule has 0 aliphatic carbocycles. The zero-order chi connectivity index (χ0) is 22.1. The molecule has 0 saturated carbocycles. The zero-order valence-electron chi connectivity index (χ0n) is 18.9. The van der Waals surface area contributed by atoms with Crippen molar-refractivity contribution in [3.63, 3.8) is 0 Å². The van der Waals surface area contributed by atoms with Gasteiger partial charge in [0.2, 0.25) is 0 Å². The van der Waals surface area contributed by atoms with Crippen molar-refractivity contribution in [3.05, 3.63) is 59.7 Å². The average Bonchev–Trinajstić information content (AvgIpc) is 2.80. The summed E-state index contributed by atoms with van der Waals surface area (Å²) in [7, 11) is 1.77. The normalized spacial score (nSPS) is 15.7. The van der Waals surface area contributed by atoms with E-state index in [0.717, 1.165) is 62.8 Å². The van der Waals surface area contributed by atoms with Crippen molar-refractivity contribution >= 4 is 11.6 Å². The van der Waals surface area contributed by atoms with Gasteiger partial charge in [0.1, 0.15) is 5.82 Å². The van der Waals surface area contributed by atoms with Gasteiger partial charge in [-0.2, -0.15) is 0 Å². The van der Waals surface area contributed by atoms with Gasteiger partial charge in [-0.15, -0.1) is 0 Å². The molecule has 1 saturated heterocycles. The third-order valence-corrected chi connectivity index (χ3v) is 5.84. The minimum absolute atomic E-state index is 0.175. The lowest BCUT2D eigenvalue weighted by Gasteiger charge is -2.32. The van der Waals surface area contributed by atoms with Crippen LogP contribution in [0.2, 0.25) is 0 Å². The molecule has 31 heavy (non-hydrogen) atoms. The highest BCUT2D eigenvalue weighted by molar-refractivity contribution is 5.80. The molecule has 0 atom stereocenters. The number of nitrogens with zero attached hydrogens (tertiary/aromatic N) is 4. The lowest BCUT2D eigenvalue weighted by Crippen LogP contribution is -2.48. The van der Waals surface area contributed by atoms with Crippen molar-refractivity contribution in [1.82, 2.24) is 20.5 Å². The van der Waals surface area contributed by atoms with Crippen LogP contribution in [0.15, 0.2) is 47.6 Å². The molecule has 3 rings (SSSR count). The van der Waals surface area contributed by atoms with Gasteiger partial charge in [-0.3, -0.25) is 14.9 Å². The molecule has 2 heterocycles. The summed E-state index contributed by atoms with van der Waals surface area (Å²) in [5, 5.41) is 6.84. The maximum absolute atomic E-state index is 14.5. The Morgan fingerprint density at radius 2 is 1.97 bits per heavy atom. The van der Waals surface area contributed by atoms with Crippen LogP contribution in [0.1, 0.15) is 37.9 Å². The van der Waals surface area contributed by atoms with E-state index in [0.29, 0.717) is 18.3 Å². The number of nitrogens with one attached hydrogen (secondary N) is 2. The van der Waals surface area contributed by atoms with Crippen LogP contribution < -0.4 is 15.5 Å². The SMILES string of the molecule is CCN(CC)c1ccc(CNC(=NC)NC2CCN(Cc3ccccn3)CC2)cc1F. The molecule has 0 radical (unpaired) electrons. The van der Waals surface area contributed by atoms with E-state index in [2.05, 4.69) is 31.6 Å². The predicted molar refractivity (Wildman–Crippen MR) is 126 cm³/mol. The summed E-state index contributed by atoms with van der Waals surface area (Å²) in [4.78, 5) is 13.2. The van der Waals surface area contributed by atoms with Crippen molar-refractivity contribution in [2.45, 2.75) is 45.8 Å². The summed E-state index contributed by atoms with van der Waals surface area (Å²) >= 11 is 0. The Labute approximate surface area is 185 Å². The number of guanidine groups is 1. The first-order chi connectivity index (χ1) is 15.1. The predicted octanol–water partition coefficient (Wildman–Crippen LogP) is 3.40. The third-order valence-electron chi connectivity index (χ3n) is 5.84. The first-order valence-corrected chi connectivity index (χ1v) is 11.3. The molecule has 1 fully saturated rings. The van der Waals surface area contributed by atoms with Crippen molar-refractivity contribution in [1.29, 1.82) is 0 Å². The lowest BCUT2D eigenvalue weighted by atomic mass is 10.0. The standard InChI is InChI=1S/C24H35FN6/c1-4-31(5-2)23-10-9-19(16-22(23)25)17-28-24(26-3)29-20-11-14-30(15-12-20)18-21-8-6-7-13-27-21/h6-10,13,16,20H,4-5,11-12,14-15,17-18H2,1-3H3,(H2,26,28,29). The fourth-order valence-corrected chi connectivity index (χ4v) is 4.01. The van der Waals surface area contributed by atoms with Gasteiger partial charge in [-0.25, -0.2) is 4.39 Å². The molecule has 168 valence electrons. The van der Waals surface area contributed by atoms with Crippen LogP contribution in [0.5, 0.6) is 0 Å². The number of aliphatic imine (C=N–C) groups is 1. The summed E-state index contributed by atoms with van der Waals surface area (Å²) in [6.07, 6.45) is 3.96. The molecule has 7 heteroatoms. The maximum atomic E-state index is 14.5. The highest BCUT2D eigenvalue weighted by Crippen LogP contribution is 2.20. The third kappa shape index (κ3) is 6.66. The summed E-state index contributed by atoms with van der Waals surface area (Å²) in [6.45, 7) is 9.16. The van der Waals surface area contributed by atoms with Gasteiger partial charge in [0.25, 0.3) is 0 Å². The Balaban J connectivity index is 1.45. The van der Waals surface area contributed by atoms with Crippen LogP contribution in [0.25, 0.3) is 0 Å². The van der Waals surface area contributed by atoms with E-state index in [1.54, 1.807) is 13.1 Å². The Kier molecular flexibility index (Phi) is 8.64. The number of hydrogen-bond acceptors (Lipinski definition) is 4. The molecule has 2 aromatic rings. The Morgan fingerprint density at radius 1 is 1.19 bits per heavy atom. The van der Waals surface area contributed by atoms with Gasteiger partial charge in [0, 0.05) is 58.6 Å². The molecular weight excluding hydrogens is 391 g/mol.